The Kier molecular flexibility index (Phi) is 5.08. The summed E-state index contributed by atoms with van der Waals surface area (Å²) in [6.45, 7) is 7.13. The molecular weight excluding hydrogens is 216 g/mol. The van der Waals surface area contributed by atoms with Crippen LogP contribution in [0.25, 0.3) is 0 Å². The Balaban J connectivity index is 2.73. The largest absolute Gasteiger partial charge is 0.377 e. The normalized spacial score (nSPS) is 16.8. The van der Waals surface area contributed by atoms with Crippen LogP contribution in [0.5, 0.6) is 0 Å². The van der Waals surface area contributed by atoms with Crippen molar-refractivity contribution in [2.24, 2.45) is 5.73 Å². The summed E-state index contributed by atoms with van der Waals surface area (Å²) in [4.78, 5) is 4.27. The number of nitrogens with zero attached hydrogens (tertiary/aromatic N) is 3. The van der Waals surface area contributed by atoms with E-state index in [1.807, 2.05) is 11.6 Å². The number of rotatable bonds is 7. The van der Waals surface area contributed by atoms with Crippen molar-refractivity contribution in [3.63, 3.8) is 0 Å². The maximum atomic E-state index is 6.22. The molecule has 98 valence electrons. The Hall–Kier alpha value is -0.940. The maximum absolute atomic E-state index is 6.22. The lowest BCUT2D eigenvalue weighted by atomic mass is 9.91. The first-order valence-corrected chi connectivity index (χ1v) is 6.24. The van der Waals surface area contributed by atoms with Crippen LogP contribution < -0.4 is 5.73 Å². The van der Waals surface area contributed by atoms with E-state index in [9.17, 15) is 0 Å². The Morgan fingerprint density at radius 1 is 1.53 bits per heavy atom. The molecule has 1 aromatic heterocycles. The minimum Gasteiger partial charge on any atom is -0.377 e. The number of methoxy groups -OCH3 is 1. The minimum absolute atomic E-state index is 0.0719. The van der Waals surface area contributed by atoms with Crippen LogP contribution in [0.15, 0.2) is 6.33 Å². The predicted molar refractivity (Wildman–Crippen MR) is 67.7 cm³/mol. The van der Waals surface area contributed by atoms with Crippen LogP contribution >= 0.6 is 0 Å². The van der Waals surface area contributed by atoms with Crippen LogP contribution in [-0.2, 0) is 17.7 Å². The highest BCUT2D eigenvalue weighted by molar-refractivity contribution is 4.96. The SMILES string of the molecule is CCCn1ncnc1CC(N)C(C)(CC)OC. The lowest BCUT2D eigenvalue weighted by molar-refractivity contribution is -0.0191. The molecule has 0 bridgehead atoms. The summed E-state index contributed by atoms with van der Waals surface area (Å²) in [5.41, 5.74) is 5.92. The molecule has 5 heteroatoms. The molecule has 2 N–H and O–H groups in total. The third-order valence-electron chi connectivity index (χ3n) is 3.49. The summed E-state index contributed by atoms with van der Waals surface area (Å²) in [6.07, 6.45) is 4.21. The minimum atomic E-state index is -0.303. The molecule has 0 fully saturated rings. The van der Waals surface area contributed by atoms with Crippen molar-refractivity contribution in [1.82, 2.24) is 14.8 Å². The molecule has 0 amide bonds. The summed E-state index contributed by atoms with van der Waals surface area (Å²) in [7, 11) is 1.71. The van der Waals surface area contributed by atoms with E-state index in [0.717, 1.165) is 25.2 Å². The van der Waals surface area contributed by atoms with Gasteiger partial charge in [-0.25, -0.2) is 4.98 Å². The summed E-state index contributed by atoms with van der Waals surface area (Å²) >= 11 is 0. The lowest BCUT2D eigenvalue weighted by Gasteiger charge is -2.33. The molecule has 0 saturated carbocycles. The number of aromatic nitrogens is 3. The average Bonchev–Trinajstić information content (AvgIpc) is 2.76. The molecule has 1 heterocycles. The molecule has 1 rings (SSSR count). The molecular formula is C12H24N4O. The zero-order valence-electron chi connectivity index (χ0n) is 11.3. The van der Waals surface area contributed by atoms with Crippen molar-refractivity contribution >= 4 is 0 Å². The molecule has 0 radical (unpaired) electrons. The van der Waals surface area contributed by atoms with E-state index in [2.05, 4.69) is 23.9 Å². The molecule has 0 saturated heterocycles. The van der Waals surface area contributed by atoms with Crippen molar-refractivity contribution in [3.8, 4) is 0 Å². The summed E-state index contributed by atoms with van der Waals surface area (Å²) in [6, 6.07) is -0.0719. The van der Waals surface area contributed by atoms with Gasteiger partial charge < -0.3 is 10.5 Å². The quantitative estimate of drug-likeness (QED) is 0.781. The van der Waals surface area contributed by atoms with Crippen LogP contribution in [0, 0.1) is 0 Å². The fourth-order valence-electron chi connectivity index (χ4n) is 1.82. The topological polar surface area (TPSA) is 66.0 Å². The smallest absolute Gasteiger partial charge is 0.138 e. The Morgan fingerprint density at radius 3 is 2.76 bits per heavy atom. The van der Waals surface area contributed by atoms with Crippen molar-refractivity contribution in [1.29, 1.82) is 0 Å². The fraction of sp³-hybridized carbons (Fsp3) is 0.833. The molecule has 0 aliphatic heterocycles. The number of hydrogen-bond acceptors (Lipinski definition) is 4. The van der Waals surface area contributed by atoms with Gasteiger partial charge in [0.25, 0.3) is 0 Å². The summed E-state index contributed by atoms with van der Waals surface area (Å²) < 4.78 is 7.44. The average molecular weight is 240 g/mol. The van der Waals surface area contributed by atoms with E-state index in [4.69, 9.17) is 10.5 Å². The molecule has 2 atom stereocenters. The zero-order valence-corrected chi connectivity index (χ0v) is 11.3. The van der Waals surface area contributed by atoms with Gasteiger partial charge in [0.05, 0.1) is 5.60 Å². The molecule has 0 aliphatic rings. The molecule has 0 aliphatic carbocycles. The van der Waals surface area contributed by atoms with E-state index in [-0.39, 0.29) is 11.6 Å². The van der Waals surface area contributed by atoms with Gasteiger partial charge in [-0.15, -0.1) is 0 Å². The first-order chi connectivity index (χ1) is 8.07. The van der Waals surface area contributed by atoms with Gasteiger partial charge in [-0.05, 0) is 19.8 Å². The first-order valence-electron chi connectivity index (χ1n) is 6.24. The number of ether oxygens (including phenoxy) is 1. The summed E-state index contributed by atoms with van der Waals surface area (Å²) in [5.74, 6) is 0.941. The van der Waals surface area contributed by atoms with Crippen molar-refractivity contribution < 1.29 is 4.74 Å². The van der Waals surface area contributed by atoms with Gasteiger partial charge in [0.15, 0.2) is 0 Å². The van der Waals surface area contributed by atoms with Crippen LogP contribution in [-0.4, -0.2) is 33.5 Å². The highest BCUT2D eigenvalue weighted by Gasteiger charge is 2.30. The standard InChI is InChI=1S/C12H24N4O/c1-5-7-16-11(14-9-15-16)8-10(13)12(3,6-2)17-4/h9-10H,5-8,13H2,1-4H3. The second-order valence-corrected chi connectivity index (χ2v) is 4.58. The number of aryl methyl sites for hydroxylation is 1. The van der Waals surface area contributed by atoms with Crippen LogP contribution in [0.3, 0.4) is 0 Å². The highest BCUT2D eigenvalue weighted by Crippen LogP contribution is 2.20. The Bertz CT molecular complexity index is 333. The highest BCUT2D eigenvalue weighted by atomic mass is 16.5. The molecule has 0 aromatic carbocycles. The Morgan fingerprint density at radius 2 is 2.24 bits per heavy atom. The monoisotopic (exact) mass is 240 g/mol. The van der Waals surface area contributed by atoms with E-state index >= 15 is 0 Å². The van der Waals surface area contributed by atoms with Crippen molar-refractivity contribution in [3.05, 3.63) is 12.2 Å². The third kappa shape index (κ3) is 3.26. The van der Waals surface area contributed by atoms with E-state index in [0.29, 0.717) is 6.42 Å². The third-order valence-corrected chi connectivity index (χ3v) is 3.49. The van der Waals surface area contributed by atoms with Crippen molar-refractivity contribution in [2.75, 3.05) is 7.11 Å². The first kappa shape index (κ1) is 14.1. The second kappa shape index (κ2) is 6.12. The van der Waals surface area contributed by atoms with Gasteiger partial charge >= 0.3 is 0 Å². The van der Waals surface area contributed by atoms with Crippen molar-refractivity contribution in [2.45, 2.75) is 58.2 Å². The van der Waals surface area contributed by atoms with Crippen LogP contribution in [0.4, 0.5) is 0 Å². The van der Waals surface area contributed by atoms with E-state index < -0.39 is 0 Å². The predicted octanol–water partition coefficient (Wildman–Crippen LogP) is 1.37. The fourth-order valence-corrected chi connectivity index (χ4v) is 1.82. The van der Waals surface area contributed by atoms with Gasteiger partial charge in [-0.3, -0.25) is 4.68 Å². The van der Waals surface area contributed by atoms with Gasteiger partial charge in [0.2, 0.25) is 0 Å². The van der Waals surface area contributed by atoms with Gasteiger partial charge in [-0.2, -0.15) is 5.10 Å². The maximum Gasteiger partial charge on any atom is 0.138 e. The van der Waals surface area contributed by atoms with Gasteiger partial charge in [0.1, 0.15) is 12.2 Å². The molecule has 0 spiro atoms. The molecule has 1 aromatic rings. The van der Waals surface area contributed by atoms with Gasteiger partial charge in [-0.1, -0.05) is 13.8 Å². The lowest BCUT2D eigenvalue weighted by Crippen LogP contribution is -2.48. The van der Waals surface area contributed by atoms with Crippen LogP contribution in [0.1, 0.15) is 39.4 Å². The Labute approximate surface area is 103 Å². The zero-order chi connectivity index (χ0) is 12.9. The number of hydrogen-bond donors (Lipinski definition) is 1. The number of nitrogens with two attached hydrogens (primary N) is 1. The molecule has 5 nitrogen and oxygen atoms in total. The van der Waals surface area contributed by atoms with Crippen LogP contribution in [0.2, 0.25) is 0 Å². The van der Waals surface area contributed by atoms with E-state index in [1.54, 1.807) is 13.4 Å². The second-order valence-electron chi connectivity index (χ2n) is 4.58. The van der Waals surface area contributed by atoms with Gasteiger partial charge in [0, 0.05) is 26.1 Å². The van der Waals surface area contributed by atoms with E-state index in [1.165, 1.54) is 0 Å². The molecule has 17 heavy (non-hydrogen) atoms. The summed E-state index contributed by atoms with van der Waals surface area (Å²) in [5, 5.41) is 4.20. The molecule has 2 unspecified atom stereocenters.